The maximum absolute atomic E-state index is 11.8. The normalized spacial score (nSPS) is 10.8. The molecule has 2 aromatic heterocycles. The Hall–Kier alpha value is -2.80. The van der Waals surface area contributed by atoms with Crippen molar-refractivity contribution < 1.29 is 13.6 Å². The summed E-state index contributed by atoms with van der Waals surface area (Å²) >= 11 is 0. The van der Waals surface area contributed by atoms with Gasteiger partial charge >= 0.3 is 11.7 Å². The summed E-state index contributed by atoms with van der Waals surface area (Å²) in [6.45, 7) is 0.174. The summed E-state index contributed by atoms with van der Waals surface area (Å²) in [5.41, 5.74) is 3.14. The fourth-order valence-corrected chi connectivity index (χ4v) is 1.98. The van der Waals surface area contributed by atoms with Crippen LogP contribution in [-0.2, 0) is 6.54 Å². The van der Waals surface area contributed by atoms with Crippen molar-refractivity contribution in [2.75, 3.05) is 0 Å². The van der Waals surface area contributed by atoms with E-state index in [4.69, 9.17) is 14.7 Å². The van der Waals surface area contributed by atoms with Gasteiger partial charge in [0.05, 0.1) is 12.1 Å². The van der Waals surface area contributed by atoms with Gasteiger partial charge in [-0.05, 0) is 24.3 Å². The van der Waals surface area contributed by atoms with E-state index in [1.54, 1.807) is 24.3 Å². The van der Waals surface area contributed by atoms with Crippen molar-refractivity contribution in [2.24, 2.45) is 5.84 Å². The van der Waals surface area contributed by atoms with Crippen molar-refractivity contribution in [3.8, 4) is 0 Å². The van der Waals surface area contributed by atoms with Crippen LogP contribution in [0.2, 0.25) is 0 Å². The van der Waals surface area contributed by atoms with Crippen LogP contribution >= 0.6 is 0 Å². The van der Waals surface area contributed by atoms with E-state index in [0.29, 0.717) is 16.9 Å². The van der Waals surface area contributed by atoms with Gasteiger partial charge in [0.2, 0.25) is 0 Å². The third-order valence-electron chi connectivity index (χ3n) is 2.90. The second kappa shape index (κ2) is 4.71. The largest absolute Gasteiger partial charge is 0.454 e. The molecule has 1 amide bonds. The number of fused-ring (bicyclic) bond motifs is 1. The number of furan rings is 1. The first-order valence-corrected chi connectivity index (χ1v) is 5.87. The molecule has 0 fully saturated rings. The molecule has 2 heterocycles. The molecule has 0 radical (unpaired) electrons. The number of nitrogens with zero attached hydrogens (tertiary/aromatic N) is 1. The Morgan fingerprint density at radius 3 is 2.80 bits per heavy atom. The Morgan fingerprint density at radius 2 is 2.00 bits per heavy atom. The summed E-state index contributed by atoms with van der Waals surface area (Å²) in [5, 5.41) is 0. The minimum absolute atomic E-state index is 0.0864. The van der Waals surface area contributed by atoms with Gasteiger partial charge in [0, 0.05) is 0 Å². The highest BCUT2D eigenvalue weighted by Gasteiger charge is 2.13. The lowest BCUT2D eigenvalue weighted by Crippen LogP contribution is -2.29. The van der Waals surface area contributed by atoms with Crippen LogP contribution in [0.1, 0.15) is 16.3 Å². The Morgan fingerprint density at radius 1 is 1.20 bits per heavy atom. The number of nitrogens with two attached hydrogens (primary N) is 1. The molecule has 0 unspecified atom stereocenters. The highest BCUT2D eigenvalue weighted by molar-refractivity contribution is 5.90. The highest BCUT2D eigenvalue weighted by Crippen LogP contribution is 2.15. The molecule has 0 spiro atoms. The molecule has 0 aliphatic heterocycles. The maximum atomic E-state index is 11.8. The van der Waals surface area contributed by atoms with Crippen LogP contribution in [0, 0.1) is 0 Å². The van der Waals surface area contributed by atoms with Crippen molar-refractivity contribution in [3.63, 3.8) is 0 Å². The lowest BCUT2D eigenvalue weighted by atomic mass is 10.3. The van der Waals surface area contributed by atoms with Crippen molar-refractivity contribution in [1.82, 2.24) is 9.99 Å². The van der Waals surface area contributed by atoms with Gasteiger partial charge in [0.1, 0.15) is 5.76 Å². The zero-order chi connectivity index (χ0) is 14.1. The number of nitrogen functional groups attached to an aromatic ring is 1. The summed E-state index contributed by atoms with van der Waals surface area (Å²) in [6.07, 6.45) is 0. The van der Waals surface area contributed by atoms with E-state index in [1.165, 1.54) is 10.6 Å². The predicted octanol–water partition coefficient (Wildman–Crippen LogP) is 0.839. The number of nitrogens with one attached hydrogen (secondary N) is 1. The Labute approximate surface area is 112 Å². The fraction of sp³-hybridized carbons (Fsp3) is 0.0769. The lowest BCUT2D eigenvalue weighted by Gasteiger charge is -1.99. The molecule has 3 rings (SSSR count). The van der Waals surface area contributed by atoms with Gasteiger partial charge in [-0.25, -0.2) is 10.6 Å². The van der Waals surface area contributed by atoms with Gasteiger partial charge in [-0.3, -0.25) is 14.8 Å². The van der Waals surface area contributed by atoms with Crippen LogP contribution in [0.3, 0.4) is 0 Å². The van der Waals surface area contributed by atoms with Crippen molar-refractivity contribution >= 4 is 17.0 Å². The molecular formula is C13H11N3O4. The molecule has 1 aromatic carbocycles. The standard InChI is InChI=1S/C13H11N3O4/c14-15-12(17)11-6-5-8(19-11)7-16-9-3-1-2-4-10(9)20-13(16)18/h1-6H,7,14H2,(H,15,17). The van der Waals surface area contributed by atoms with E-state index in [2.05, 4.69) is 0 Å². The van der Waals surface area contributed by atoms with Gasteiger partial charge in [0.15, 0.2) is 11.3 Å². The Balaban J connectivity index is 1.97. The van der Waals surface area contributed by atoms with Gasteiger partial charge in [-0.15, -0.1) is 0 Å². The predicted molar refractivity (Wildman–Crippen MR) is 69.9 cm³/mol. The van der Waals surface area contributed by atoms with E-state index in [1.807, 2.05) is 11.5 Å². The SMILES string of the molecule is NNC(=O)c1ccc(Cn2c(=O)oc3ccccc32)o1. The number of hydrogen-bond acceptors (Lipinski definition) is 5. The van der Waals surface area contributed by atoms with Crippen molar-refractivity contribution in [3.05, 3.63) is 58.5 Å². The number of carbonyl (C=O) groups is 1. The molecule has 0 bridgehead atoms. The van der Waals surface area contributed by atoms with Crippen molar-refractivity contribution in [1.29, 1.82) is 0 Å². The van der Waals surface area contributed by atoms with Gasteiger partial charge in [-0.2, -0.15) is 0 Å². The van der Waals surface area contributed by atoms with Crippen LogP contribution in [0.15, 0.2) is 50.0 Å². The number of hydrazine groups is 1. The van der Waals surface area contributed by atoms with E-state index in [-0.39, 0.29) is 12.3 Å². The van der Waals surface area contributed by atoms with Gasteiger partial charge < -0.3 is 8.83 Å². The number of para-hydroxylation sites is 2. The molecule has 0 saturated carbocycles. The third-order valence-corrected chi connectivity index (χ3v) is 2.90. The van der Waals surface area contributed by atoms with Gasteiger partial charge in [-0.1, -0.05) is 12.1 Å². The zero-order valence-electron chi connectivity index (χ0n) is 10.3. The van der Waals surface area contributed by atoms with E-state index >= 15 is 0 Å². The second-order valence-electron chi connectivity index (χ2n) is 4.16. The monoisotopic (exact) mass is 273 g/mol. The minimum atomic E-state index is -0.527. The molecule has 0 atom stereocenters. The summed E-state index contributed by atoms with van der Waals surface area (Å²) < 4.78 is 11.9. The number of hydrogen-bond donors (Lipinski definition) is 2. The van der Waals surface area contributed by atoms with Crippen LogP contribution < -0.4 is 17.0 Å². The van der Waals surface area contributed by atoms with Crippen LogP contribution in [0.25, 0.3) is 11.1 Å². The smallest absolute Gasteiger partial charge is 0.420 e. The maximum Gasteiger partial charge on any atom is 0.420 e. The minimum Gasteiger partial charge on any atom is -0.454 e. The summed E-state index contributed by atoms with van der Waals surface area (Å²) in [7, 11) is 0. The number of oxazole rings is 1. The van der Waals surface area contributed by atoms with E-state index in [9.17, 15) is 9.59 Å². The quantitative estimate of drug-likeness (QED) is 0.418. The average Bonchev–Trinajstić information content (AvgIpc) is 3.04. The Bertz CT molecular complexity index is 827. The first-order valence-electron chi connectivity index (χ1n) is 5.87. The third kappa shape index (κ3) is 1.99. The number of amides is 1. The molecule has 102 valence electrons. The Kier molecular flexibility index (Phi) is 2.88. The van der Waals surface area contributed by atoms with Gasteiger partial charge in [0.25, 0.3) is 0 Å². The molecule has 7 nitrogen and oxygen atoms in total. The number of rotatable bonds is 3. The van der Waals surface area contributed by atoms with Crippen LogP contribution in [-0.4, -0.2) is 10.5 Å². The molecular weight excluding hydrogens is 262 g/mol. The highest BCUT2D eigenvalue weighted by atomic mass is 16.4. The molecule has 0 aliphatic carbocycles. The molecule has 7 heteroatoms. The topological polar surface area (TPSA) is 103 Å². The molecule has 3 aromatic rings. The van der Waals surface area contributed by atoms with Crippen LogP contribution in [0.5, 0.6) is 0 Å². The lowest BCUT2D eigenvalue weighted by molar-refractivity contribution is 0.0924. The van der Waals surface area contributed by atoms with E-state index < -0.39 is 11.7 Å². The fourth-order valence-electron chi connectivity index (χ4n) is 1.98. The molecule has 0 saturated heterocycles. The summed E-state index contributed by atoms with van der Waals surface area (Å²) in [6, 6.07) is 10.2. The summed E-state index contributed by atoms with van der Waals surface area (Å²) in [4.78, 5) is 23.1. The summed E-state index contributed by atoms with van der Waals surface area (Å²) in [5.74, 6) is 4.55. The average molecular weight is 273 g/mol. The first kappa shape index (κ1) is 12.2. The number of benzene rings is 1. The van der Waals surface area contributed by atoms with E-state index in [0.717, 1.165) is 0 Å². The first-order chi connectivity index (χ1) is 9.69. The van der Waals surface area contributed by atoms with Crippen LogP contribution in [0.4, 0.5) is 0 Å². The molecule has 0 aliphatic rings. The van der Waals surface area contributed by atoms with Crippen molar-refractivity contribution in [2.45, 2.75) is 6.54 Å². The molecule has 20 heavy (non-hydrogen) atoms. The number of carbonyl (C=O) groups excluding carboxylic acids is 1. The molecule has 3 N–H and O–H groups in total. The second-order valence-corrected chi connectivity index (χ2v) is 4.16. The number of aromatic nitrogens is 1. The zero-order valence-corrected chi connectivity index (χ0v) is 10.3.